The second kappa shape index (κ2) is 3.77. The van der Waals surface area contributed by atoms with E-state index in [9.17, 15) is 0 Å². The second-order valence-corrected chi connectivity index (χ2v) is 3.39. The first-order chi connectivity index (χ1) is 2.89. The molecule has 0 aliphatic carbocycles. The van der Waals surface area contributed by atoms with Gasteiger partial charge in [0, 0.05) is 0 Å². The van der Waals surface area contributed by atoms with Gasteiger partial charge in [0.1, 0.15) is 0 Å². The van der Waals surface area contributed by atoms with Gasteiger partial charge < -0.3 is 0 Å². The summed E-state index contributed by atoms with van der Waals surface area (Å²) >= 11 is 4.62. The van der Waals surface area contributed by atoms with Crippen molar-refractivity contribution in [3.8, 4) is 0 Å². The summed E-state index contributed by atoms with van der Waals surface area (Å²) in [4.78, 5) is 0. The molecule has 0 spiro atoms. The molecular formula is C4H3LiSSe. The van der Waals surface area contributed by atoms with E-state index in [-0.39, 0.29) is 18.9 Å². The van der Waals surface area contributed by atoms with E-state index >= 15 is 0 Å². The van der Waals surface area contributed by atoms with Crippen molar-refractivity contribution in [3.63, 3.8) is 0 Å². The molecule has 0 bridgehead atoms. The summed E-state index contributed by atoms with van der Waals surface area (Å²) < 4.78 is 1.26. The van der Waals surface area contributed by atoms with E-state index in [0.717, 1.165) is 0 Å². The van der Waals surface area contributed by atoms with Gasteiger partial charge in [-0.1, -0.05) is 0 Å². The first-order valence-electron chi connectivity index (χ1n) is 1.60. The first-order valence-corrected chi connectivity index (χ1v) is 3.34. The fourth-order valence-electron chi connectivity index (χ4n) is 0.263. The fourth-order valence-corrected chi connectivity index (χ4v) is 1.23. The molecule has 7 heavy (non-hydrogen) atoms. The summed E-state index contributed by atoms with van der Waals surface area (Å²) in [7, 11) is 0. The predicted octanol–water partition coefficient (Wildman–Crippen LogP) is -2.45. The number of hydrogen-bond acceptors (Lipinski definition) is 1. The molecule has 0 N–H and O–H groups in total. The molecule has 0 nitrogen and oxygen atoms in total. The van der Waals surface area contributed by atoms with Crippen molar-refractivity contribution < 1.29 is 18.9 Å². The van der Waals surface area contributed by atoms with Crippen LogP contribution >= 0.6 is 11.3 Å². The van der Waals surface area contributed by atoms with Crippen LogP contribution in [-0.4, -0.2) is 16.0 Å². The minimum absolute atomic E-state index is 0. The zero-order valence-corrected chi connectivity index (χ0v) is 6.58. The van der Waals surface area contributed by atoms with Gasteiger partial charge in [0.2, 0.25) is 0 Å². The molecule has 0 radical (unpaired) electrons. The molecule has 0 aliphatic heterocycles. The summed E-state index contributed by atoms with van der Waals surface area (Å²) in [6, 6.07) is 4.07. The summed E-state index contributed by atoms with van der Waals surface area (Å²) in [6.45, 7) is 0. The van der Waals surface area contributed by atoms with Crippen LogP contribution in [0.1, 0.15) is 0 Å². The molecule has 0 saturated heterocycles. The number of thiophene rings is 1. The summed E-state index contributed by atoms with van der Waals surface area (Å²) in [5, 5.41) is 2.05. The molecule has 0 amide bonds. The normalized spacial score (nSPS) is 7.43. The third-order valence-electron chi connectivity index (χ3n) is 0.495. The molecule has 0 aliphatic rings. The molecule has 0 aromatic carbocycles. The summed E-state index contributed by atoms with van der Waals surface area (Å²) in [5.74, 6) is 0. The number of hydrogen-bond donors (Lipinski definition) is 0. The van der Waals surface area contributed by atoms with Crippen LogP contribution in [0.2, 0.25) is 0 Å². The molecule has 0 fully saturated rings. The van der Waals surface area contributed by atoms with E-state index in [1.807, 2.05) is 17.5 Å². The van der Waals surface area contributed by atoms with Gasteiger partial charge in [0.05, 0.1) is 0 Å². The van der Waals surface area contributed by atoms with E-state index in [2.05, 4.69) is 16.0 Å². The Balaban J connectivity index is 0.000000360. The van der Waals surface area contributed by atoms with Crippen molar-refractivity contribution >= 4 is 31.1 Å². The Morgan fingerprint density at radius 3 is 2.43 bits per heavy atom. The van der Waals surface area contributed by atoms with E-state index < -0.39 is 0 Å². The van der Waals surface area contributed by atoms with E-state index in [1.54, 1.807) is 11.3 Å². The van der Waals surface area contributed by atoms with Crippen molar-refractivity contribution in [2.24, 2.45) is 0 Å². The molecule has 3 heteroatoms. The van der Waals surface area contributed by atoms with Crippen molar-refractivity contribution in [2.75, 3.05) is 0 Å². The maximum atomic E-state index is 2.90. The van der Waals surface area contributed by atoms with Gasteiger partial charge in [-0.05, 0) is 0 Å². The Labute approximate surface area is 67.3 Å². The van der Waals surface area contributed by atoms with Crippen LogP contribution in [0.3, 0.4) is 0 Å². The zero-order chi connectivity index (χ0) is 4.41. The van der Waals surface area contributed by atoms with E-state index in [1.165, 1.54) is 3.78 Å². The second-order valence-electron chi connectivity index (χ2n) is 0.932. The Hall–Kier alpha value is 0.817. The van der Waals surface area contributed by atoms with Crippen LogP contribution in [0, 0.1) is 0 Å². The van der Waals surface area contributed by atoms with Crippen molar-refractivity contribution in [2.45, 2.75) is 0 Å². The van der Waals surface area contributed by atoms with Gasteiger partial charge in [-0.25, -0.2) is 0 Å². The molecular weight excluding hydrogens is 166 g/mol. The average molecular weight is 169 g/mol. The molecule has 0 unspecified atom stereocenters. The number of rotatable bonds is 0. The first kappa shape index (κ1) is 7.82. The Morgan fingerprint density at radius 2 is 2.29 bits per heavy atom. The molecule has 1 heterocycles. The van der Waals surface area contributed by atoms with Gasteiger partial charge in [0.15, 0.2) is 0 Å². The Bertz CT molecular complexity index is 115. The summed E-state index contributed by atoms with van der Waals surface area (Å²) in [6.07, 6.45) is 0. The predicted molar refractivity (Wildman–Crippen MR) is 29.7 cm³/mol. The molecule has 0 saturated carbocycles. The van der Waals surface area contributed by atoms with Crippen LogP contribution in [0.4, 0.5) is 0 Å². The van der Waals surface area contributed by atoms with Crippen molar-refractivity contribution in [3.05, 3.63) is 17.5 Å². The van der Waals surface area contributed by atoms with Crippen LogP contribution in [0.5, 0.6) is 0 Å². The molecule has 32 valence electrons. The van der Waals surface area contributed by atoms with Crippen molar-refractivity contribution in [1.29, 1.82) is 0 Å². The summed E-state index contributed by atoms with van der Waals surface area (Å²) in [5.41, 5.74) is 0. The van der Waals surface area contributed by atoms with Crippen LogP contribution in [0.25, 0.3) is 0 Å². The van der Waals surface area contributed by atoms with Gasteiger partial charge >= 0.3 is 67.5 Å². The van der Waals surface area contributed by atoms with E-state index in [4.69, 9.17) is 0 Å². The minimum atomic E-state index is 0. The van der Waals surface area contributed by atoms with Gasteiger partial charge in [-0.2, -0.15) is 0 Å². The fraction of sp³-hybridized carbons (Fsp3) is 0. The quantitative estimate of drug-likeness (QED) is 0.378. The van der Waals surface area contributed by atoms with Gasteiger partial charge in [0.25, 0.3) is 0 Å². The van der Waals surface area contributed by atoms with Crippen molar-refractivity contribution in [1.82, 2.24) is 0 Å². The zero-order valence-electron chi connectivity index (χ0n) is 4.05. The Kier molecular flexibility index (Phi) is 4.22. The van der Waals surface area contributed by atoms with E-state index in [0.29, 0.717) is 0 Å². The molecule has 1 rings (SSSR count). The monoisotopic (exact) mass is 170 g/mol. The Morgan fingerprint density at radius 1 is 1.57 bits per heavy atom. The third-order valence-corrected chi connectivity index (χ3v) is 2.05. The van der Waals surface area contributed by atoms with Crippen LogP contribution < -0.4 is 22.6 Å². The van der Waals surface area contributed by atoms with Gasteiger partial charge in [-0.15, -0.1) is 0 Å². The molecule has 0 atom stereocenters. The van der Waals surface area contributed by atoms with Crippen LogP contribution in [0.15, 0.2) is 17.5 Å². The van der Waals surface area contributed by atoms with Gasteiger partial charge in [-0.3, -0.25) is 0 Å². The standard InChI is InChI=1S/C4H4SSe.Li/c6-4-2-1-3-5-4;/h1-3,6H;/q;+1/p-1. The molecule has 1 aromatic heterocycles. The van der Waals surface area contributed by atoms with Crippen LogP contribution in [-0.2, 0) is 0 Å². The maximum absolute atomic E-state index is 2.90. The SMILES string of the molecule is [Li+].[Se-]c1cccs1. The topological polar surface area (TPSA) is 0 Å². The molecule has 1 aromatic rings. The average Bonchev–Trinajstić information content (AvgIpc) is 1.86. The third kappa shape index (κ3) is 2.59.